The molecule has 0 saturated heterocycles. The van der Waals surface area contributed by atoms with Crippen molar-refractivity contribution >= 4 is 34.9 Å². The van der Waals surface area contributed by atoms with Crippen molar-refractivity contribution in [2.24, 2.45) is 5.92 Å². The highest BCUT2D eigenvalue weighted by Gasteiger charge is 2.39. The van der Waals surface area contributed by atoms with Crippen LogP contribution in [0.15, 0.2) is 27.8 Å². The fraction of sp³-hybridized carbons (Fsp3) is 0.381. The minimum absolute atomic E-state index is 0.0146. The van der Waals surface area contributed by atoms with Gasteiger partial charge < -0.3 is 15.4 Å². The second-order valence-electron chi connectivity index (χ2n) is 8.22. The molecule has 0 spiro atoms. The summed E-state index contributed by atoms with van der Waals surface area (Å²) in [7, 11) is 1.37. The minimum Gasteiger partial charge on any atom is -0.383 e. The zero-order chi connectivity index (χ0) is 26.0. The highest BCUT2D eigenvalue weighted by Crippen LogP contribution is 2.27. The zero-order valence-electron chi connectivity index (χ0n) is 19.3. The molecular formula is C21H24N6O8. The Balaban J connectivity index is 1.99. The quantitative estimate of drug-likeness (QED) is 0.277. The number of amides is 3. The van der Waals surface area contributed by atoms with Crippen LogP contribution in [0.1, 0.15) is 34.6 Å². The molecule has 1 aliphatic heterocycles. The van der Waals surface area contributed by atoms with E-state index in [1.54, 1.807) is 0 Å². The number of nitrogens with two attached hydrogens (primary N) is 1. The van der Waals surface area contributed by atoms with Crippen LogP contribution in [0, 0.1) is 16.0 Å². The first-order valence-corrected chi connectivity index (χ1v) is 10.5. The van der Waals surface area contributed by atoms with Gasteiger partial charge in [0.2, 0.25) is 5.91 Å². The van der Waals surface area contributed by atoms with Crippen molar-refractivity contribution in [2.45, 2.75) is 20.4 Å². The van der Waals surface area contributed by atoms with Gasteiger partial charge in [-0.3, -0.25) is 43.7 Å². The van der Waals surface area contributed by atoms with Crippen LogP contribution in [0.4, 0.5) is 17.2 Å². The minimum atomic E-state index is -0.921. The predicted molar refractivity (Wildman–Crippen MR) is 123 cm³/mol. The first-order valence-electron chi connectivity index (χ1n) is 10.5. The molecule has 2 heterocycles. The lowest BCUT2D eigenvalue weighted by Gasteiger charge is -2.26. The predicted octanol–water partition coefficient (Wildman–Crippen LogP) is -0.0414. The topological polar surface area (TPSA) is 191 Å². The molecule has 3 rings (SSSR count). The second-order valence-corrected chi connectivity index (χ2v) is 8.22. The number of fused-ring (bicyclic) bond motifs is 1. The van der Waals surface area contributed by atoms with Crippen LogP contribution in [0.3, 0.4) is 0 Å². The molecule has 0 bridgehead atoms. The Bertz CT molecular complexity index is 1330. The summed E-state index contributed by atoms with van der Waals surface area (Å²) in [5, 5.41) is 11.0. The standard InChI is InChI=1S/C21H24N6O8/c1-11(2)9-25-17(22)16(18(29)23-21(25)32)24(6-7-35-3)15(28)10-26-19(30)13-5-4-12(27(33)34)8-14(13)20(26)31/h4-5,8,11H,6-7,9-10,22H2,1-3H3,(H,23,29,32). The van der Waals surface area contributed by atoms with Crippen LogP contribution in [-0.4, -0.2) is 63.9 Å². The zero-order valence-corrected chi connectivity index (χ0v) is 19.3. The third-order valence-electron chi connectivity index (χ3n) is 5.31. The van der Waals surface area contributed by atoms with Crippen molar-refractivity contribution in [1.29, 1.82) is 0 Å². The Labute approximate surface area is 198 Å². The number of nitrogens with zero attached hydrogens (tertiary/aromatic N) is 4. The Morgan fingerprint density at radius 3 is 2.46 bits per heavy atom. The molecule has 0 unspecified atom stereocenters. The van der Waals surface area contributed by atoms with Gasteiger partial charge in [0.05, 0.1) is 22.7 Å². The van der Waals surface area contributed by atoms with E-state index in [1.807, 2.05) is 13.8 Å². The van der Waals surface area contributed by atoms with Gasteiger partial charge in [-0.1, -0.05) is 13.8 Å². The number of aromatic nitrogens is 2. The number of nitro groups is 1. The van der Waals surface area contributed by atoms with Gasteiger partial charge in [0.15, 0.2) is 5.69 Å². The SMILES string of the molecule is COCCN(C(=O)CN1C(=O)c2ccc([N+](=O)[O-])cc2C1=O)c1c(N)n(CC(C)C)c(=O)[nH]c1=O. The molecule has 0 radical (unpaired) electrons. The van der Waals surface area contributed by atoms with Gasteiger partial charge in [-0.25, -0.2) is 4.79 Å². The number of carbonyl (C=O) groups excluding carboxylic acids is 3. The average Bonchev–Trinajstić information content (AvgIpc) is 3.02. The van der Waals surface area contributed by atoms with E-state index >= 15 is 0 Å². The summed E-state index contributed by atoms with van der Waals surface area (Å²) < 4.78 is 6.13. The number of ether oxygens (including phenoxy) is 1. The molecule has 14 heteroatoms. The summed E-state index contributed by atoms with van der Waals surface area (Å²) in [6, 6.07) is 3.19. The Hall–Kier alpha value is -4.33. The summed E-state index contributed by atoms with van der Waals surface area (Å²) in [6.07, 6.45) is 0. The molecule has 0 fully saturated rings. The molecule has 1 aliphatic rings. The number of benzene rings is 1. The Morgan fingerprint density at radius 1 is 1.20 bits per heavy atom. The van der Waals surface area contributed by atoms with Crippen LogP contribution in [0.2, 0.25) is 0 Å². The fourth-order valence-electron chi connectivity index (χ4n) is 3.68. The van der Waals surface area contributed by atoms with Gasteiger partial charge in [0.25, 0.3) is 23.1 Å². The number of carbonyl (C=O) groups is 3. The number of imide groups is 1. The maximum absolute atomic E-state index is 13.3. The monoisotopic (exact) mass is 488 g/mol. The summed E-state index contributed by atoms with van der Waals surface area (Å²) in [5.41, 5.74) is 3.46. The van der Waals surface area contributed by atoms with Crippen LogP contribution in [0.5, 0.6) is 0 Å². The normalized spacial score (nSPS) is 12.9. The second kappa shape index (κ2) is 9.89. The number of methoxy groups -OCH3 is 1. The van der Waals surface area contributed by atoms with E-state index in [0.717, 1.165) is 27.7 Å². The van der Waals surface area contributed by atoms with Gasteiger partial charge in [-0.15, -0.1) is 0 Å². The van der Waals surface area contributed by atoms with Gasteiger partial charge in [-0.05, 0) is 12.0 Å². The molecule has 0 atom stereocenters. The van der Waals surface area contributed by atoms with E-state index in [-0.39, 0.29) is 53.9 Å². The molecule has 14 nitrogen and oxygen atoms in total. The number of hydrogen-bond donors (Lipinski definition) is 2. The van der Waals surface area contributed by atoms with Crippen molar-refractivity contribution in [3.8, 4) is 0 Å². The molecule has 0 aliphatic carbocycles. The van der Waals surface area contributed by atoms with Crippen molar-refractivity contribution in [1.82, 2.24) is 14.5 Å². The number of aromatic amines is 1. The lowest BCUT2D eigenvalue weighted by atomic mass is 10.1. The van der Waals surface area contributed by atoms with Crippen LogP contribution in [-0.2, 0) is 16.1 Å². The third-order valence-corrected chi connectivity index (χ3v) is 5.31. The lowest BCUT2D eigenvalue weighted by Crippen LogP contribution is -2.47. The molecule has 1 aromatic carbocycles. The van der Waals surface area contributed by atoms with Crippen molar-refractivity contribution < 1.29 is 24.0 Å². The number of non-ortho nitro benzene ring substituents is 1. The number of H-pyrrole nitrogens is 1. The maximum atomic E-state index is 13.3. The summed E-state index contributed by atoms with van der Waals surface area (Å²) in [5.74, 6) is -2.82. The number of rotatable bonds is 9. The molecule has 186 valence electrons. The van der Waals surface area contributed by atoms with E-state index in [4.69, 9.17) is 10.5 Å². The number of nitro benzene ring substituents is 1. The Kier molecular flexibility index (Phi) is 7.14. The van der Waals surface area contributed by atoms with Crippen molar-refractivity contribution in [3.63, 3.8) is 0 Å². The average molecular weight is 488 g/mol. The fourth-order valence-corrected chi connectivity index (χ4v) is 3.68. The molecule has 3 N–H and O–H groups in total. The highest BCUT2D eigenvalue weighted by molar-refractivity contribution is 6.23. The number of anilines is 2. The summed E-state index contributed by atoms with van der Waals surface area (Å²) >= 11 is 0. The highest BCUT2D eigenvalue weighted by atomic mass is 16.6. The van der Waals surface area contributed by atoms with Gasteiger partial charge in [0, 0.05) is 32.3 Å². The van der Waals surface area contributed by atoms with Gasteiger partial charge in [0.1, 0.15) is 12.4 Å². The van der Waals surface area contributed by atoms with E-state index in [0.29, 0.717) is 4.90 Å². The maximum Gasteiger partial charge on any atom is 0.330 e. The van der Waals surface area contributed by atoms with Gasteiger partial charge in [-0.2, -0.15) is 0 Å². The first kappa shape index (κ1) is 25.3. The van der Waals surface area contributed by atoms with Crippen LogP contribution >= 0.6 is 0 Å². The van der Waals surface area contributed by atoms with E-state index in [9.17, 15) is 34.1 Å². The van der Waals surface area contributed by atoms with Gasteiger partial charge >= 0.3 is 5.69 Å². The number of hydrogen-bond acceptors (Lipinski definition) is 9. The van der Waals surface area contributed by atoms with E-state index in [2.05, 4.69) is 4.98 Å². The lowest BCUT2D eigenvalue weighted by molar-refractivity contribution is -0.384. The third kappa shape index (κ3) is 4.82. The summed E-state index contributed by atoms with van der Waals surface area (Å²) in [6.45, 7) is 2.86. The number of nitrogens with one attached hydrogen (secondary N) is 1. The molecule has 0 saturated carbocycles. The van der Waals surface area contributed by atoms with E-state index in [1.165, 1.54) is 7.11 Å². The molecule has 2 aromatic rings. The largest absolute Gasteiger partial charge is 0.383 e. The van der Waals surface area contributed by atoms with Crippen LogP contribution < -0.4 is 21.9 Å². The van der Waals surface area contributed by atoms with E-state index < -0.39 is 40.4 Å². The molecule has 1 aromatic heterocycles. The Morgan fingerprint density at radius 2 is 1.86 bits per heavy atom. The molecule has 35 heavy (non-hydrogen) atoms. The first-order chi connectivity index (χ1) is 16.5. The number of nitrogen functional groups attached to an aromatic ring is 1. The molecule has 3 amide bonds. The molecular weight excluding hydrogens is 464 g/mol. The van der Waals surface area contributed by atoms with Crippen molar-refractivity contribution in [2.75, 3.05) is 37.4 Å². The summed E-state index contributed by atoms with van der Waals surface area (Å²) in [4.78, 5) is 77.8. The van der Waals surface area contributed by atoms with Crippen molar-refractivity contribution in [3.05, 3.63) is 60.3 Å². The smallest absolute Gasteiger partial charge is 0.330 e. The van der Waals surface area contributed by atoms with Crippen LogP contribution in [0.25, 0.3) is 0 Å².